The average molecular weight is 519 g/mol. The maximum atomic E-state index is 9.20. The van der Waals surface area contributed by atoms with Crippen LogP contribution in [-0.2, 0) is 5.41 Å². The molecular weight excluding hydrogens is 488 g/mol. The molecule has 6 heteroatoms. The van der Waals surface area contributed by atoms with Crippen molar-refractivity contribution in [3.05, 3.63) is 118 Å². The second-order valence-electron chi connectivity index (χ2n) is 9.83. The number of aryl methyl sites for hydroxylation is 2. The van der Waals surface area contributed by atoms with Gasteiger partial charge in [0.05, 0.1) is 41.1 Å². The number of aliphatic hydroxyl groups is 2. The van der Waals surface area contributed by atoms with Gasteiger partial charge in [-0.2, -0.15) is 0 Å². The molecule has 0 bridgehead atoms. The Hall–Kier alpha value is -4.26. The van der Waals surface area contributed by atoms with E-state index in [2.05, 4.69) is 68.4 Å². The first-order valence-electron chi connectivity index (χ1n) is 13.1. The summed E-state index contributed by atoms with van der Waals surface area (Å²) in [6.07, 6.45) is 0. The average Bonchev–Trinajstić information content (AvgIpc) is 3.25. The van der Waals surface area contributed by atoms with E-state index in [1.54, 1.807) is 0 Å². The van der Waals surface area contributed by atoms with Crippen molar-refractivity contribution in [2.45, 2.75) is 19.3 Å². The molecule has 39 heavy (non-hydrogen) atoms. The van der Waals surface area contributed by atoms with Crippen LogP contribution in [0, 0.1) is 13.8 Å². The van der Waals surface area contributed by atoms with E-state index in [0.29, 0.717) is 11.5 Å². The molecule has 1 aliphatic carbocycles. The normalized spacial score (nSPS) is 13.2. The maximum Gasteiger partial charge on any atom is 0.119 e. The standard InChI is InChI=1S/C33H30N2O4/c1-21-19-29-30(20-22(21)2)35-32-31(34-29)27-5-3-4-6-28(27)33(32,23-7-11-25(12-8-23)38-17-15-36)24-9-13-26(14-10-24)39-18-16-37/h3-14,19-20,36-37H,15-18H2,1-2H3. The Morgan fingerprint density at radius 3 is 1.72 bits per heavy atom. The van der Waals surface area contributed by atoms with E-state index in [0.717, 1.165) is 44.7 Å². The Bertz CT molecular complexity index is 1590. The van der Waals surface area contributed by atoms with Crippen LogP contribution < -0.4 is 9.47 Å². The minimum atomic E-state index is -0.725. The first kappa shape index (κ1) is 25.0. The highest BCUT2D eigenvalue weighted by Crippen LogP contribution is 2.55. The lowest BCUT2D eigenvalue weighted by atomic mass is 9.69. The minimum Gasteiger partial charge on any atom is -0.491 e. The first-order chi connectivity index (χ1) is 19.1. The number of benzene rings is 4. The van der Waals surface area contributed by atoms with Gasteiger partial charge in [0.15, 0.2) is 0 Å². The van der Waals surface area contributed by atoms with Crippen LogP contribution >= 0.6 is 0 Å². The Morgan fingerprint density at radius 2 is 1.18 bits per heavy atom. The molecule has 1 aromatic heterocycles. The monoisotopic (exact) mass is 518 g/mol. The lowest BCUT2D eigenvalue weighted by molar-refractivity contribution is 0.201. The lowest BCUT2D eigenvalue weighted by Gasteiger charge is -2.32. The number of aromatic nitrogens is 2. The molecule has 0 radical (unpaired) electrons. The van der Waals surface area contributed by atoms with Crippen LogP contribution in [0.5, 0.6) is 11.5 Å². The number of hydrogen-bond donors (Lipinski definition) is 2. The van der Waals surface area contributed by atoms with Gasteiger partial charge in [0, 0.05) is 5.56 Å². The van der Waals surface area contributed by atoms with Gasteiger partial charge in [-0.15, -0.1) is 0 Å². The van der Waals surface area contributed by atoms with Crippen molar-refractivity contribution in [2.24, 2.45) is 0 Å². The number of hydrogen-bond acceptors (Lipinski definition) is 6. The Morgan fingerprint density at radius 1 is 0.667 bits per heavy atom. The Labute approximate surface area is 227 Å². The quantitative estimate of drug-likeness (QED) is 0.283. The van der Waals surface area contributed by atoms with Crippen LogP contribution in [0.3, 0.4) is 0 Å². The van der Waals surface area contributed by atoms with E-state index in [1.165, 1.54) is 11.1 Å². The molecule has 0 amide bonds. The number of fused-ring (bicyclic) bond motifs is 4. The van der Waals surface area contributed by atoms with E-state index in [4.69, 9.17) is 19.4 Å². The fraction of sp³-hybridized carbons (Fsp3) is 0.212. The summed E-state index contributed by atoms with van der Waals surface area (Å²) in [6.45, 7) is 4.59. The summed E-state index contributed by atoms with van der Waals surface area (Å²) in [5, 5.41) is 18.4. The zero-order valence-electron chi connectivity index (χ0n) is 22.0. The molecule has 196 valence electrons. The molecule has 6 nitrogen and oxygen atoms in total. The van der Waals surface area contributed by atoms with Gasteiger partial charge in [0.25, 0.3) is 0 Å². The lowest BCUT2D eigenvalue weighted by Crippen LogP contribution is -2.29. The predicted molar refractivity (Wildman–Crippen MR) is 151 cm³/mol. The van der Waals surface area contributed by atoms with Crippen molar-refractivity contribution in [1.82, 2.24) is 9.97 Å². The number of ether oxygens (including phenoxy) is 2. The van der Waals surface area contributed by atoms with Gasteiger partial charge in [0.2, 0.25) is 0 Å². The summed E-state index contributed by atoms with van der Waals surface area (Å²) in [5.41, 5.74) is 9.37. The molecule has 0 aliphatic heterocycles. The van der Waals surface area contributed by atoms with E-state index in [1.807, 2.05) is 30.3 Å². The molecule has 5 aromatic rings. The molecule has 0 spiro atoms. The van der Waals surface area contributed by atoms with E-state index in [9.17, 15) is 10.2 Å². The number of aliphatic hydroxyl groups excluding tert-OH is 2. The van der Waals surface area contributed by atoms with Crippen molar-refractivity contribution in [2.75, 3.05) is 26.4 Å². The van der Waals surface area contributed by atoms with Crippen LogP contribution in [0.4, 0.5) is 0 Å². The summed E-state index contributed by atoms with van der Waals surface area (Å²) >= 11 is 0. The summed E-state index contributed by atoms with van der Waals surface area (Å²) in [7, 11) is 0. The fourth-order valence-electron chi connectivity index (χ4n) is 5.59. The van der Waals surface area contributed by atoms with E-state index >= 15 is 0 Å². The van der Waals surface area contributed by atoms with Crippen molar-refractivity contribution in [1.29, 1.82) is 0 Å². The van der Waals surface area contributed by atoms with Crippen LogP contribution in [0.1, 0.15) is 33.5 Å². The van der Waals surface area contributed by atoms with Crippen molar-refractivity contribution < 1.29 is 19.7 Å². The smallest absolute Gasteiger partial charge is 0.119 e. The third-order valence-corrected chi connectivity index (χ3v) is 7.52. The van der Waals surface area contributed by atoms with Gasteiger partial charge >= 0.3 is 0 Å². The number of rotatable bonds is 8. The maximum absolute atomic E-state index is 9.20. The fourth-order valence-corrected chi connectivity index (χ4v) is 5.59. The molecule has 2 N–H and O–H groups in total. The van der Waals surface area contributed by atoms with Crippen molar-refractivity contribution in [3.8, 4) is 22.8 Å². The van der Waals surface area contributed by atoms with Gasteiger partial charge < -0.3 is 19.7 Å². The number of nitrogens with zero attached hydrogens (tertiary/aromatic N) is 2. The molecule has 0 saturated heterocycles. The third kappa shape index (κ3) is 4.13. The Kier molecular flexibility index (Phi) is 6.51. The van der Waals surface area contributed by atoms with Gasteiger partial charge in [-0.25, -0.2) is 9.97 Å². The molecule has 6 rings (SSSR count). The molecule has 0 saturated carbocycles. The molecular formula is C33H30N2O4. The van der Waals surface area contributed by atoms with Gasteiger partial charge in [-0.1, -0.05) is 48.5 Å². The Balaban J connectivity index is 1.64. The van der Waals surface area contributed by atoms with Gasteiger partial charge in [-0.3, -0.25) is 0 Å². The second kappa shape index (κ2) is 10.1. The predicted octanol–water partition coefficient (Wildman–Crippen LogP) is 5.35. The summed E-state index contributed by atoms with van der Waals surface area (Å²) < 4.78 is 11.3. The second-order valence-corrected chi connectivity index (χ2v) is 9.83. The largest absolute Gasteiger partial charge is 0.491 e. The summed E-state index contributed by atoms with van der Waals surface area (Å²) in [6, 6.07) is 28.6. The van der Waals surface area contributed by atoms with Gasteiger partial charge in [-0.05, 0) is 78.1 Å². The third-order valence-electron chi connectivity index (χ3n) is 7.52. The molecule has 0 fully saturated rings. The van der Waals surface area contributed by atoms with Crippen LogP contribution in [-0.4, -0.2) is 46.6 Å². The van der Waals surface area contributed by atoms with Crippen molar-refractivity contribution >= 4 is 11.0 Å². The highest BCUT2D eigenvalue weighted by molar-refractivity contribution is 5.88. The first-order valence-corrected chi connectivity index (χ1v) is 13.1. The highest BCUT2D eigenvalue weighted by Gasteiger charge is 2.48. The van der Waals surface area contributed by atoms with Crippen LogP contribution in [0.2, 0.25) is 0 Å². The van der Waals surface area contributed by atoms with Gasteiger partial charge in [0.1, 0.15) is 24.7 Å². The molecule has 1 aliphatic rings. The van der Waals surface area contributed by atoms with Crippen molar-refractivity contribution in [3.63, 3.8) is 0 Å². The summed E-state index contributed by atoms with van der Waals surface area (Å²) in [5.74, 6) is 1.39. The zero-order chi connectivity index (χ0) is 27.0. The van der Waals surface area contributed by atoms with E-state index < -0.39 is 5.41 Å². The van der Waals surface area contributed by atoms with E-state index in [-0.39, 0.29) is 26.4 Å². The van der Waals surface area contributed by atoms with Crippen LogP contribution in [0.15, 0.2) is 84.9 Å². The summed E-state index contributed by atoms with van der Waals surface area (Å²) in [4.78, 5) is 10.5. The zero-order valence-corrected chi connectivity index (χ0v) is 22.0. The minimum absolute atomic E-state index is 0.0430. The molecule has 0 atom stereocenters. The molecule has 4 aromatic carbocycles. The molecule has 0 unspecified atom stereocenters. The molecule has 1 heterocycles. The van der Waals surface area contributed by atoms with Crippen LogP contribution in [0.25, 0.3) is 22.3 Å². The SMILES string of the molecule is Cc1cc2nc3c(nc2cc1C)C(c1ccc(OCCO)cc1)(c1ccc(OCCO)cc1)c1ccccc1-3. The topological polar surface area (TPSA) is 84.7 Å². The highest BCUT2D eigenvalue weighted by atomic mass is 16.5.